The molecule has 68 valence electrons. The third-order valence-corrected chi connectivity index (χ3v) is 2.82. The maximum Gasteiger partial charge on any atom is 0.190 e. The Morgan fingerprint density at radius 1 is 1.58 bits per heavy atom. The molecular formula is C7H12ClN3S. The molecule has 0 atom stereocenters. The lowest BCUT2D eigenvalue weighted by molar-refractivity contribution is 0.785. The zero-order valence-corrected chi connectivity index (χ0v) is 8.61. The fourth-order valence-electron chi connectivity index (χ4n) is 0.763. The first-order valence-electron chi connectivity index (χ1n) is 3.87. The highest BCUT2D eigenvalue weighted by Crippen LogP contribution is 2.14. The highest BCUT2D eigenvalue weighted by molar-refractivity contribution is 7.99. The van der Waals surface area contributed by atoms with E-state index in [1.807, 2.05) is 11.6 Å². The molecule has 0 radical (unpaired) electrons. The van der Waals surface area contributed by atoms with Crippen molar-refractivity contribution in [2.75, 3.05) is 11.6 Å². The van der Waals surface area contributed by atoms with E-state index < -0.39 is 0 Å². The number of aromatic nitrogens is 3. The van der Waals surface area contributed by atoms with E-state index in [4.69, 9.17) is 11.6 Å². The van der Waals surface area contributed by atoms with Gasteiger partial charge in [-0.3, -0.25) is 0 Å². The highest BCUT2D eigenvalue weighted by atomic mass is 35.5. The summed E-state index contributed by atoms with van der Waals surface area (Å²) in [5.41, 5.74) is 0. The lowest BCUT2D eigenvalue weighted by atomic mass is 10.4. The Balaban J connectivity index is 2.20. The van der Waals surface area contributed by atoms with Gasteiger partial charge in [-0.1, -0.05) is 11.8 Å². The molecule has 0 aliphatic rings. The Morgan fingerprint density at radius 3 is 3.00 bits per heavy atom. The first kappa shape index (κ1) is 9.86. The van der Waals surface area contributed by atoms with E-state index in [0.29, 0.717) is 0 Å². The van der Waals surface area contributed by atoms with Crippen LogP contribution < -0.4 is 0 Å². The molecule has 0 aromatic carbocycles. The van der Waals surface area contributed by atoms with Crippen LogP contribution in [0.2, 0.25) is 0 Å². The average molecular weight is 206 g/mol. The molecule has 0 saturated heterocycles. The van der Waals surface area contributed by atoms with Crippen LogP contribution in [0.1, 0.15) is 12.8 Å². The van der Waals surface area contributed by atoms with Gasteiger partial charge in [0.1, 0.15) is 6.33 Å². The van der Waals surface area contributed by atoms with E-state index in [2.05, 4.69) is 10.2 Å². The van der Waals surface area contributed by atoms with Gasteiger partial charge in [-0.15, -0.1) is 21.8 Å². The summed E-state index contributed by atoms with van der Waals surface area (Å²) in [5, 5.41) is 8.72. The summed E-state index contributed by atoms with van der Waals surface area (Å²) in [4.78, 5) is 0. The molecule has 0 spiro atoms. The van der Waals surface area contributed by atoms with Crippen LogP contribution in [0.5, 0.6) is 0 Å². The van der Waals surface area contributed by atoms with E-state index in [1.165, 1.54) is 0 Å². The number of rotatable bonds is 5. The predicted octanol–water partition coefficient (Wildman–Crippen LogP) is 1.93. The van der Waals surface area contributed by atoms with Crippen molar-refractivity contribution < 1.29 is 0 Å². The van der Waals surface area contributed by atoms with Crippen LogP contribution in [0.3, 0.4) is 0 Å². The molecule has 5 heteroatoms. The van der Waals surface area contributed by atoms with Gasteiger partial charge in [-0.05, 0) is 12.8 Å². The third kappa shape index (κ3) is 3.03. The lowest BCUT2D eigenvalue weighted by Crippen LogP contribution is -1.90. The molecule has 1 rings (SSSR count). The zero-order chi connectivity index (χ0) is 8.81. The van der Waals surface area contributed by atoms with Crippen molar-refractivity contribution in [1.29, 1.82) is 0 Å². The van der Waals surface area contributed by atoms with E-state index in [0.717, 1.165) is 29.6 Å². The molecule has 1 aromatic heterocycles. The Morgan fingerprint density at radius 2 is 2.42 bits per heavy atom. The van der Waals surface area contributed by atoms with Crippen molar-refractivity contribution in [3.63, 3.8) is 0 Å². The summed E-state index contributed by atoms with van der Waals surface area (Å²) in [6.07, 6.45) is 3.93. The van der Waals surface area contributed by atoms with Gasteiger partial charge >= 0.3 is 0 Å². The van der Waals surface area contributed by atoms with Crippen molar-refractivity contribution in [2.24, 2.45) is 7.05 Å². The third-order valence-electron chi connectivity index (χ3n) is 1.43. The molecule has 1 aromatic rings. The second kappa shape index (κ2) is 5.43. The van der Waals surface area contributed by atoms with Gasteiger partial charge < -0.3 is 4.57 Å². The van der Waals surface area contributed by atoms with Crippen molar-refractivity contribution >= 4 is 23.4 Å². The van der Waals surface area contributed by atoms with Crippen LogP contribution in [0, 0.1) is 0 Å². The van der Waals surface area contributed by atoms with Crippen molar-refractivity contribution in [2.45, 2.75) is 18.0 Å². The number of unbranched alkanes of at least 4 members (excludes halogenated alkanes) is 1. The minimum atomic E-state index is 0.749. The lowest BCUT2D eigenvalue weighted by Gasteiger charge is -1.98. The smallest absolute Gasteiger partial charge is 0.190 e. The van der Waals surface area contributed by atoms with E-state index in [1.54, 1.807) is 18.1 Å². The van der Waals surface area contributed by atoms with Crippen LogP contribution in [0.4, 0.5) is 0 Å². The van der Waals surface area contributed by atoms with Gasteiger partial charge in [-0.25, -0.2) is 0 Å². The SMILES string of the molecule is Cn1cnnc1SCCCCCl. The number of aryl methyl sites for hydroxylation is 1. The van der Waals surface area contributed by atoms with E-state index >= 15 is 0 Å². The zero-order valence-electron chi connectivity index (χ0n) is 7.03. The summed E-state index contributed by atoms with van der Waals surface area (Å²) in [5.74, 6) is 1.82. The average Bonchev–Trinajstić information content (AvgIpc) is 2.46. The minimum Gasteiger partial charge on any atom is -0.312 e. The van der Waals surface area contributed by atoms with Crippen LogP contribution >= 0.6 is 23.4 Å². The Bertz CT molecular complexity index is 226. The molecule has 0 fully saturated rings. The summed E-state index contributed by atoms with van der Waals surface area (Å²) in [6, 6.07) is 0. The molecule has 12 heavy (non-hydrogen) atoms. The van der Waals surface area contributed by atoms with Crippen LogP contribution in [-0.4, -0.2) is 26.4 Å². The number of thioether (sulfide) groups is 1. The highest BCUT2D eigenvalue weighted by Gasteiger charge is 1.99. The Labute approximate surface area is 81.5 Å². The van der Waals surface area contributed by atoms with Crippen molar-refractivity contribution in [1.82, 2.24) is 14.8 Å². The topological polar surface area (TPSA) is 30.7 Å². The van der Waals surface area contributed by atoms with Gasteiger partial charge in [0.05, 0.1) is 0 Å². The summed E-state index contributed by atoms with van der Waals surface area (Å²) in [6.45, 7) is 0. The van der Waals surface area contributed by atoms with Gasteiger partial charge in [0.2, 0.25) is 0 Å². The monoisotopic (exact) mass is 205 g/mol. The van der Waals surface area contributed by atoms with Gasteiger partial charge in [0, 0.05) is 18.7 Å². The summed E-state index contributed by atoms with van der Waals surface area (Å²) < 4.78 is 1.92. The van der Waals surface area contributed by atoms with Crippen LogP contribution in [0.25, 0.3) is 0 Å². The largest absolute Gasteiger partial charge is 0.312 e. The number of nitrogens with zero attached hydrogens (tertiary/aromatic N) is 3. The summed E-state index contributed by atoms with van der Waals surface area (Å²) >= 11 is 7.28. The maximum absolute atomic E-state index is 5.55. The first-order valence-corrected chi connectivity index (χ1v) is 5.39. The molecule has 0 unspecified atom stereocenters. The molecule has 0 bridgehead atoms. The minimum absolute atomic E-state index is 0.749. The molecule has 1 heterocycles. The van der Waals surface area contributed by atoms with E-state index in [-0.39, 0.29) is 0 Å². The quantitative estimate of drug-likeness (QED) is 0.418. The van der Waals surface area contributed by atoms with E-state index in [9.17, 15) is 0 Å². The maximum atomic E-state index is 5.55. The normalized spacial score (nSPS) is 10.5. The van der Waals surface area contributed by atoms with Crippen LogP contribution in [0.15, 0.2) is 11.5 Å². The molecule has 0 amide bonds. The number of hydrogen-bond acceptors (Lipinski definition) is 3. The Hall–Kier alpha value is -0.220. The van der Waals surface area contributed by atoms with Gasteiger partial charge in [0.15, 0.2) is 5.16 Å². The number of hydrogen-bond donors (Lipinski definition) is 0. The molecule has 0 aliphatic carbocycles. The van der Waals surface area contributed by atoms with Gasteiger partial charge in [0.25, 0.3) is 0 Å². The second-order valence-corrected chi connectivity index (χ2v) is 3.91. The number of alkyl halides is 1. The molecule has 0 saturated carbocycles. The number of halogens is 1. The van der Waals surface area contributed by atoms with Crippen molar-refractivity contribution in [3.8, 4) is 0 Å². The fraction of sp³-hybridized carbons (Fsp3) is 0.714. The van der Waals surface area contributed by atoms with Crippen LogP contribution in [-0.2, 0) is 7.05 Å². The molecular weight excluding hydrogens is 194 g/mol. The van der Waals surface area contributed by atoms with Gasteiger partial charge in [-0.2, -0.15) is 0 Å². The molecule has 0 N–H and O–H groups in total. The van der Waals surface area contributed by atoms with Crippen molar-refractivity contribution in [3.05, 3.63) is 6.33 Å². The summed E-state index contributed by atoms with van der Waals surface area (Å²) in [7, 11) is 1.95. The fourth-order valence-corrected chi connectivity index (χ4v) is 1.84. The molecule has 0 aliphatic heterocycles. The molecule has 3 nitrogen and oxygen atoms in total. The predicted molar refractivity (Wildman–Crippen MR) is 51.7 cm³/mol. The second-order valence-electron chi connectivity index (χ2n) is 2.47. The first-order chi connectivity index (χ1) is 5.84. The Kier molecular flexibility index (Phi) is 4.46. The standard InChI is InChI=1S/C7H12ClN3S/c1-11-6-9-10-7(11)12-5-3-2-4-8/h6H,2-5H2,1H3.